The molecule has 0 aliphatic heterocycles. The SMILES string of the molecule is CCCC(=O)Nc1cc(Br)ccc1/C(N)=N/O. The predicted octanol–water partition coefficient (Wildman–Crippen LogP) is 2.28. The molecule has 0 atom stereocenters. The molecular weight excluding hydrogens is 286 g/mol. The van der Waals surface area contributed by atoms with Crippen LogP contribution in [0, 0.1) is 0 Å². The van der Waals surface area contributed by atoms with Crippen molar-refractivity contribution in [2.45, 2.75) is 19.8 Å². The van der Waals surface area contributed by atoms with E-state index in [0.717, 1.165) is 10.9 Å². The molecule has 0 heterocycles. The Labute approximate surface area is 108 Å². The summed E-state index contributed by atoms with van der Waals surface area (Å²) in [4.78, 5) is 11.5. The first-order chi connectivity index (χ1) is 8.08. The molecule has 1 amide bonds. The molecule has 1 rings (SSSR count). The third-order valence-electron chi connectivity index (χ3n) is 2.12. The molecule has 17 heavy (non-hydrogen) atoms. The number of halogens is 1. The van der Waals surface area contributed by atoms with Crippen molar-refractivity contribution in [1.82, 2.24) is 0 Å². The molecule has 0 aliphatic rings. The van der Waals surface area contributed by atoms with Crippen LogP contribution in [-0.4, -0.2) is 17.0 Å². The van der Waals surface area contributed by atoms with Crippen LogP contribution in [0.2, 0.25) is 0 Å². The molecule has 6 heteroatoms. The Morgan fingerprint density at radius 3 is 2.88 bits per heavy atom. The Morgan fingerprint density at radius 2 is 2.29 bits per heavy atom. The van der Waals surface area contributed by atoms with Crippen molar-refractivity contribution in [3.8, 4) is 0 Å². The van der Waals surface area contributed by atoms with Gasteiger partial charge in [0.25, 0.3) is 0 Å². The third kappa shape index (κ3) is 3.74. The number of rotatable bonds is 4. The number of benzene rings is 1. The van der Waals surface area contributed by atoms with Gasteiger partial charge in [-0.1, -0.05) is 28.0 Å². The van der Waals surface area contributed by atoms with Crippen molar-refractivity contribution in [3.05, 3.63) is 28.2 Å². The molecule has 0 aliphatic carbocycles. The summed E-state index contributed by atoms with van der Waals surface area (Å²) in [6.07, 6.45) is 1.20. The topological polar surface area (TPSA) is 87.7 Å². The minimum Gasteiger partial charge on any atom is -0.409 e. The summed E-state index contributed by atoms with van der Waals surface area (Å²) in [5, 5.41) is 14.3. The van der Waals surface area contributed by atoms with E-state index in [1.165, 1.54) is 0 Å². The molecule has 0 spiro atoms. The normalized spacial score (nSPS) is 11.3. The molecule has 5 nitrogen and oxygen atoms in total. The van der Waals surface area contributed by atoms with Crippen molar-refractivity contribution < 1.29 is 10.0 Å². The number of nitrogens with one attached hydrogen (secondary N) is 1. The zero-order valence-electron chi connectivity index (χ0n) is 9.40. The fourth-order valence-electron chi connectivity index (χ4n) is 1.34. The summed E-state index contributed by atoms with van der Waals surface area (Å²) < 4.78 is 0.804. The maximum absolute atomic E-state index is 11.5. The summed E-state index contributed by atoms with van der Waals surface area (Å²) in [5.41, 5.74) is 6.54. The number of anilines is 1. The van der Waals surface area contributed by atoms with E-state index in [2.05, 4.69) is 26.4 Å². The van der Waals surface area contributed by atoms with Gasteiger partial charge in [0, 0.05) is 16.5 Å². The fraction of sp³-hybridized carbons (Fsp3) is 0.273. The second-order valence-electron chi connectivity index (χ2n) is 3.47. The standard InChI is InChI=1S/C11H14BrN3O2/c1-2-3-10(16)14-9-6-7(12)4-5-8(9)11(13)15-17/h4-6,17H,2-3H2,1H3,(H2,13,15)(H,14,16). The van der Waals surface area contributed by atoms with Crippen molar-refractivity contribution in [1.29, 1.82) is 0 Å². The molecule has 1 aromatic carbocycles. The molecule has 92 valence electrons. The van der Waals surface area contributed by atoms with Crippen LogP contribution in [0.3, 0.4) is 0 Å². The van der Waals surface area contributed by atoms with Crippen LogP contribution in [0.25, 0.3) is 0 Å². The zero-order valence-corrected chi connectivity index (χ0v) is 11.0. The lowest BCUT2D eigenvalue weighted by molar-refractivity contribution is -0.116. The number of nitrogens with two attached hydrogens (primary N) is 1. The smallest absolute Gasteiger partial charge is 0.224 e. The molecule has 4 N–H and O–H groups in total. The summed E-state index contributed by atoms with van der Waals surface area (Å²) in [5.74, 6) is -0.137. The molecule has 0 saturated carbocycles. The number of nitrogens with zero attached hydrogens (tertiary/aromatic N) is 1. The lowest BCUT2D eigenvalue weighted by Gasteiger charge is -2.10. The Morgan fingerprint density at radius 1 is 1.59 bits per heavy atom. The van der Waals surface area contributed by atoms with Crippen LogP contribution >= 0.6 is 15.9 Å². The van der Waals surface area contributed by atoms with Gasteiger partial charge in [-0.3, -0.25) is 4.79 Å². The van der Waals surface area contributed by atoms with E-state index in [1.807, 2.05) is 6.92 Å². The number of carbonyl (C=O) groups is 1. The van der Waals surface area contributed by atoms with Crippen molar-refractivity contribution in [3.63, 3.8) is 0 Å². The molecule has 0 saturated heterocycles. The average molecular weight is 300 g/mol. The van der Waals surface area contributed by atoms with E-state index < -0.39 is 0 Å². The highest BCUT2D eigenvalue weighted by molar-refractivity contribution is 9.10. The number of carbonyl (C=O) groups excluding carboxylic acids is 1. The lowest BCUT2D eigenvalue weighted by Crippen LogP contribution is -2.18. The van der Waals surface area contributed by atoms with E-state index in [-0.39, 0.29) is 11.7 Å². The van der Waals surface area contributed by atoms with Crippen molar-refractivity contribution >= 4 is 33.4 Å². The van der Waals surface area contributed by atoms with E-state index in [1.54, 1.807) is 18.2 Å². The van der Waals surface area contributed by atoms with Gasteiger partial charge in [-0.15, -0.1) is 0 Å². The first-order valence-electron chi connectivity index (χ1n) is 5.15. The molecule has 1 aromatic rings. The average Bonchev–Trinajstić information content (AvgIpc) is 2.28. The Balaban J connectivity index is 3.03. The van der Waals surface area contributed by atoms with Gasteiger partial charge in [0.1, 0.15) is 0 Å². The number of amidine groups is 1. The predicted molar refractivity (Wildman–Crippen MR) is 70.2 cm³/mol. The van der Waals surface area contributed by atoms with Gasteiger partial charge in [-0.2, -0.15) is 0 Å². The number of oxime groups is 1. The monoisotopic (exact) mass is 299 g/mol. The molecule has 0 radical (unpaired) electrons. The van der Waals surface area contributed by atoms with E-state index >= 15 is 0 Å². The van der Waals surface area contributed by atoms with Crippen LogP contribution in [0.1, 0.15) is 25.3 Å². The summed E-state index contributed by atoms with van der Waals surface area (Å²) in [7, 11) is 0. The number of hydrogen-bond donors (Lipinski definition) is 3. The van der Waals surface area contributed by atoms with E-state index in [0.29, 0.717) is 17.7 Å². The van der Waals surface area contributed by atoms with Crippen molar-refractivity contribution in [2.24, 2.45) is 10.9 Å². The van der Waals surface area contributed by atoms with Crippen LogP contribution < -0.4 is 11.1 Å². The Hall–Kier alpha value is -1.56. The van der Waals surface area contributed by atoms with Crippen LogP contribution in [0.4, 0.5) is 5.69 Å². The third-order valence-corrected chi connectivity index (χ3v) is 2.61. The van der Waals surface area contributed by atoms with Crippen LogP contribution in [0.15, 0.2) is 27.8 Å². The summed E-state index contributed by atoms with van der Waals surface area (Å²) in [6.45, 7) is 1.92. The van der Waals surface area contributed by atoms with Gasteiger partial charge in [-0.05, 0) is 24.6 Å². The minimum atomic E-state index is -0.0995. The molecule has 0 fully saturated rings. The summed E-state index contributed by atoms with van der Waals surface area (Å²) in [6, 6.07) is 5.13. The zero-order chi connectivity index (χ0) is 12.8. The van der Waals surface area contributed by atoms with Gasteiger partial charge in [0.15, 0.2) is 5.84 Å². The largest absolute Gasteiger partial charge is 0.409 e. The molecular formula is C11H14BrN3O2. The second-order valence-corrected chi connectivity index (χ2v) is 4.39. The van der Waals surface area contributed by atoms with Crippen LogP contribution in [0.5, 0.6) is 0 Å². The van der Waals surface area contributed by atoms with E-state index in [9.17, 15) is 4.79 Å². The number of amides is 1. The quantitative estimate of drug-likeness (QED) is 0.345. The fourth-order valence-corrected chi connectivity index (χ4v) is 1.70. The molecule has 0 unspecified atom stereocenters. The maximum atomic E-state index is 11.5. The number of hydrogen-bond acceptors (Lipinski definition) is 3. The first-order valence-corrected chi connectivity index (χ1v) is 5.95. The maximum Gasteiger partial charge on any atom is 0.224 e. The highest BCUT2D eigenvalue weighted by Gasteiger charge is 2.10. The van der Waals surface area contributed by atoms with Crippen molar-refractivity contribution in [2.75, 3.05) is 5.32 Å². The van der Waals surface area contributed by atoms with Gasteiger partial charge < -0.3 is 16.3 Å². The molecule has 0 aromatic heterocycles. The van der Waals surface area contributed by atoms with Crippen LogP contribution in [-0.2, 0) is 4.79 Å². The Kier molecular flexibility index (Phi) is 4.96. The van der Waals surface area contributed by atoms with Gasteiger partial charge in [0.05, 0.1) is 5.69 Å². The first kappa shape index (κ1) is 13.5. The molecule has 0 bridgehead atoms. The summed E-state index contributed by atoms with van der Waals surface area (Å²) >= 11 is 3.30. The Bertz CT molecular complexity index is 446. The van der Waals surface area contributed by atoms with Gasteiger partial charge in [0.2, 0.25) is 5.91 Å². The minimum absolute atomic E-state index is 0.0377. The lowest BCUT2D eigenvalue weighted by atomic mass is 10.1. The highest BCUT2D eigenvalue weighted by atomic mass is 79.9. The van der Waals surface area contributed by atoms with Gasteiger partial charge in [-0.25, -0.2) is 0 Å². The van der Waals surface area contributed by atoms with Gasteiger partial charge >= 0.3 is 0 Å². The second kappa shape index (κ2) is 6.24. The van der Waals surface area contributed by atoms with E-state index in [4.69, 9.17) is 10.9 Å². The highest BCUT2D eigenvalue weighted by Crippen LogP contribution is 2.21.